The van der Waals surface area contributed by atoms with Gasteiger partial charge in [-0.15, -0.1) is 0 Å². The fourth-order valence-electron chi connectivity index (χ4n) is 4.78. The Balaban J connectivity index is 1.46. The Morgan fingerprint density at radius 2 is 1.81 bits per heavy atom. The number of likely N-dealkylation sites (tertiary alicyclic amines) is 1. The van der Waals surface area contributed by atoms with Gasteiger partial charge < -0.3 is 9.80 Å². The Morgan fingerprint density at radius 3 is 2.48 bits per heavy atom. The standard InChI is InChI=1S/C22H24FN7O/c1-15-13-16(2)27-21(26-15)28-11-4-7-22(14-28)8-12-29(22)20(31)19-17(23)5-3-6-18(19)30-24-9-10-25-30/h3,5-6,9-10,13H,4,7-8,11-12,14H2,1-2H3. The van der Waals surface area contributed by atoms with E-state index in [0.717, 1.165) is 37.2 Å². The third kappa shape index (κ3) is 3.34. The van der Waals surface area contributed by atoms with Gasteiger partial charge in [-0.3, -0.25) is 4.79 Å². The second-order valence-corrected chi connectivity index (χ2v) is 8.36. The topological polar surface area (TPSA) is 80.0 Å². The highest BCUT2D eigenvalue weighted by molar-refractivity contribution is 5.99. The molecule has 1 spiro atoms. The van der Waals surface area contributed by atoms with Crippen LogP contribution >= 0.6 is 0 Å². The maximum Gasteiger partial charge on any atom is 0.259 e. The van der Waals surface area contributed by atoms with Gasteiger partial charge in [-0.25, -0.2) is 14.4 Å². The first kappa shape index (κ1) is 19.6. The Morgan fingerprint density at radius 1 is 1.06 bits per heavy atom. The van der Waals surface area contributed by atoms with E-state index in [-0.39, 0.29) is 17.0 Å². The van der Waals surface area contributed by atoms with Crippen molar-refractivity contribution in [3.63, 3.8) is 0 Å². The van der Waals surface area contributed by atoms with Crippen molar-refractivity contribution < 1.29 is 9.18 Å². The molecular formula is C22H24FN7O. The van der Waals surface area contributed by atoms with E-state index < -0.39 is 5.82 Å². The zero-order valence-electron chi connectivity index (χ0n) is 17.6. The summed E-state index contributed by atoms with van der Waals surface area (Å²) in [5.41, 5.74) is 1.87. The van der Waals surface area contributed by atoms with Crippen LogP contribution in [0.25, 0.3) is 5.69 Å². The van der Waals surface area contributed by atoms with E-state index in [1.165, 1.54) is 23.3 Å². The molecule has 8 nitrogen and oxygen atoms in total. The minimum Gasteiger partial charge on any atom is -0.338 e. The molecule has 1 aromatic carbocycles. The van der Waals surface area contributed by atoms with Gasteiger partial charge in [0.15, 0.2) is 0 Å². The molecule has 0 bridgehead atoms. The van der Waals surface area contributed by atoms with E-state index in [1.54, 1.807) is 12.1 Å². The van der Waals surface area contributed by atoms with Crippen LogP contribution in [0.3, 0.4) is 0 Å². The van der Waals surface area contributed by atoms with Gasteiger partial charge in [0, 0.05) is 31.0 Å². The van der Waals surface area contributed by atoms with Crippen molar-refractivity contribution in [2.75, 3.05) is 24.5 Å². The summed E-state index contributed by atoms with van der Waals surface area (Å²) in [5, 5.41) is 8.18. The smallest absolute Gasteiger partial charge is 0.259 e. The number of hydrogen-bond donors (Lipinski definition) is 0. The molecule has 0 N–H and O–H groups in total. The lowest BCUT2D eigenvalue weighted by Gasteiger charge is -2.57. The van der Waals surface area contributed by atoms with E-state index in [9.17, 15) is 9.18 Å². The van der Waals surface area contributed by atoms with Crippen molar-refractivity contribution in [3.8, 4) is 5.69 Å². The number of hydrogen-bond acceptors (Lipinski definition) is 6. The van der Waals surface area contributed by atoms with Crippen molar-refractivity contribution in [2.24, 2.45) is 0 Å². The molecule has 1 unspecified atom stereocenters. The number of amides is 1. The molecule has 2 fully saturated rings. The first-order valence-corrected chi connectivity index (χ1v) is 10.5. The molecule has 1 amide bonds. The predicted octanol–water partition coefficient (Wildman–Crippen LogP) is 2.70. The maximum atomic E-state index is 14.9. The van der Waals surface area contributed by atoms with E-state index >= 15 is 0 Å². The van der Waals surface area contributed by atoms with Crippen LogP contribution < -0.4 is 4.90 Å². The van der Waals surface area contributed by atoms with Gasteiger partial charge in [0.2, 0.25) is 5.95 Å². The number of rotatable bonds is 3. The minimum absolute atomic E-state index is 0.0116. The first-order chi connectivity index (χ1) is 15.0. The van der Waals surface area contributed by atoms with Gasteiger partial charge in [-0.1, -0.05) is 6.07 Å². The van der Waals surface area contributed by atoms with Crippen molar-refractivity contribution in [2.45, 2.75) is 38.6 Å². The lowest BCUT2D eigenvalue weighted by atomic mass is 9.77. The number of nitrogens with zero attached hydrogens (tertiary/aromatic N) is 7. The predicted molar refractivity (Wildman–Crippen MR) is 113 cm³/mol. The summed E-state index contributed by atoms with van der Waals surface area (Å²) >= 11 is 0. The van der Waals surface area contributed by atoms with Gasteiger partial charge in [0.05, 0.1) is 17.9 Å². The van der Waals surface area contributed by atoms with E-state index in [2.05, 4.69) is 25.1 Å². The van der Waals surface area contributed by atoms with Gasteiger partial charge >= 0.3 is 0 Å². The Kier molecular flexibility index (Phi) is 4.68. The molecule has 2 aliphatic heterocycles. The van der Waals surface area contributed by atoms with Crippen LogP contribution in [0.1, 0.15) is 41.0 Å². The quantitative estimate of drug-likeness (QED) is 0.647. The normalized spacial score (nSPS) is 20.7. The summed E-state index contributed by atoms with van der Waals surface area (Å²) in [6, 6.07) is 6.49. The molecule has 160 valence electrons. The zero-order valence-corrected chi connectivity index (χ0v) is 17.6. The molecule has 9 heteroatoms. The van der Waals surface area contributed by atoms with Gasteiger partial charge in [0.25, 0.3) is 5.91 Å². The largest absolute Gasteiger partial charge is 0.338 e. The van der Waals surface area contributed by atoms with Crippen molar-refractivity contribution in [3.05, 3.63) is 59.4 Å². The lowest BCUT2D eigenvalue weighted by molar-refractivity contribution is -0.0108. The second-order valence-electron chi connectivity index (χ2n) is 8.36. The molecule has 3 aromatic rings. The molecule has 0 radical (unpaired) electrons. The van der Waals surface area contributed by atoms with Crippen LogP contribution in [0.2, 0.25) is 0 Å². The van der Waals surface area contributed by atoms with Crippen LogP contribution in [-0.2, 0) is 0 Å². The molecular weight excluding hydrogens is 397 g/mol. The summed E-state index contributed by atoms with van der Waals surface area (Å²) in [6.07, 6.45) is 5.69. The third-order valence-electron chi connectivity index (χ3n) is 6.27. The molecule has 2 saturated heterocycles. The molecule has 2 aliphatic rings. The van der Waals surface area contributed by atoms with Crippen LogP contribution in [0.5, 0.6) is 0 Å². The van der Waals surface area contributed by atoms with Crippen LogP contribution in [-0.4, -0.2) is 60.9 Å². The lowest BCUT2D eigenvalue weighted by Crippen LogP contribution is -2.68. The molecule has 31 heavy (non-hydrogen) atoms. The van der Waals surface area contributed by atoms with Crippen molar-refractivity contribution in [1.29, 1.82) is 0 Å². The summed E-state index contributed by atoms with van der Waals surface area (Å²) in [4.78, 5) is 28.0. The molecule has 0 aliphatic carbocycles. The number of anilines is 1. The first-order valence-electron chi connectivity index (χ1n) is 10.5. The number of aryl methyl sites for hydroxylation is 2. The number of carbonyl (C=O) groups excluding carboxylic acids is 1. The van der Waals surface area contributed by atoms with Gasteiger partial charge in [-0.05, 0) is 51.3 Å². The zero-order chi connectivity index (χ0) is 21.6. The molecule has 0 saturated carbocycles. The Bertz CT molecular complexity index is 1110. The highest BCUT2D eigenvalue weighted by Gasteiger charge is 2.51. The molecule has 2 aromatic heterocycles. The minimum atomic E-state index is -0.563. The average Bonchev–Trinajstić information content (AvgIpc) is 3.27. The SMILES string of the molecule is Cc1cc(C)nc(N2CCCC3(CCN3C(=O)c3c(F)cccc3-n3nccn3)C2)n1. The monoisotopic (exact) mass is 421 g/mol. The average molecular weight is 421 g/mol. The number of aromatic nitrogens is 5. The van der Waals surface area contributed by atoms with Gasteiger partial charge in [0.1, 0.15) is 17.1 Å². The second kappa shape index (κ2) is 7.40. The van der Waals surface area contributed by atoms with Crippen molar-refractivity contribution >= 4 is 11.9 Å². The van der Waals surface area contributed by atoms with E-state index in [1.807, 2.05) is 24.8 Å². The van der Waals surface area contributed by atoms with Crippen LogP contribution in [0.4, 0.5) is 10.3 Å². The van der Waals surface area contributed by atoms with Crippen LogP contribution in [0.15, 0.2) is 36.7 Å². The Hall–Kier alpha value is -3.36. The van der Waals surface area contributed by atoms with Gasteiger partial charge in [-0.2, -0.15) is 15.0 Å². The fraction of sp³-hybridized carbons (Fsp3) is 0.409. The van der Waals surface area contributed by atoms with E-state index in [0.29, 0.717) is 24.7 Å². The summed E-state index contributed by atoms with van der Waals surface area (Å²) in [5.74, 6) is -0.185. The highest BCUT2D eigenvalue weighted by atomic mass is 19.1. The molecule has 1 atom stereocenters. The summed E-state index contributed by atoms with van der Waals surface area (Å²) in [6.45, 7) is 6.00. The summed E-state index contributed by atoms with van der Waals surface area (Å²) < 4.78 is 14.9. The molecule has 5 rings (SSSR count). The summed E-state index contributed by atoms with van der Waals surface area (Å²) in [7, 11) is 0. The Labute approximate surface area is 179 Å². The van der Waals surface area contributed by atoms with E-state index in [4.69, 9.17) is 0 Å². The third-order valence-corrected chi connectivity index (χ3v) is 6.27. The fourth-order valence-corrected chi connectivity index (χ4v) is 4.78. The number of halogens is 1. The molecule has 4 heterocycles. The number of piperidine rings is 1. The number of benzene rings is 1. The van der Waals surface area contributed by atoms with Crippen molar-refractivity contribution in [1.82, 2.24) is 29.9 Å². The van der Waals surface area contributed by atoms with Crippen LogP contribution in [0, 0.1) is 19.7 Å². The highest BCUT2D eigenvalue weighted by Crippen LogP contribution is 2.41. The maximum absolute atomic E-state index is 14.9. The number of carbonyl (C=O) groups is 1.